The molecule has 1 fully saturated rings. The molecule has 0 radical (unpaired) electrons. The summed E-state index contributed by atoms with van der Waals surface area (Å²) in [5.41, 5.74) is 0.925. The maximum Gasteiger partial charge on any atom is 0.248 e. The van der Waals surface area contributed by atoms with E-state index in [0.717, 1.165) is 5.56 Å². The molecule has 1 aliphatic carbocycles. The van der Waals surface area contributed by atoms with Gasteiger partial charge in [-0.3, -0.25) is 4.79 Å². The van der Waals surface area contributed by atoms with Gasteiger partial charge in [-0.2, -0.15) is 4.98 Å². The van der Waals surface area contributed by atoms with E-state index in [1.54, 1.807) is 0 Å². The van der Waals surface area contributed by atoms with E-state index in [-0.39, 0.29) is 37.1 Å². The van der Waals surface area contributed by atoms with Crippen LogP contribution in [0.5, 0.6) is 0 Å². The number of nitrogens with one attached hydrogen (secondary N) is 1. The first-order valence-corrected chi connectivity index (χ1v) is 8.47. The molecule has 1 atom stereocenters. The highest BCUT2D eigenvalue weighted by atomic mass is 19.3. The minimum absolute atomic E-state index is 0.101. The lowest BCUT2D eigenvalue weighted by Gasteiger charge is -2.26. The van der Waals surface area contributed by atoms with Crippen molar-refractivity contribution < 1.29 is 18.1 Å². The first kappa shape index (κ1) is 17.5. The molecule has 1 aliphatic rings. The van der Waals surface area contributed by atoms with Gasteiger partial charge in [-0.25, -0.2) is 8.78 Å². The fourth-order valence-electron chi connectivity index (χ4n) is 3.01. The highest BCUT2D eigenvalue weighted by Gasteiger charge is 2.36. The highest BCUT2D eigenvalue weighted by Crippen LogP contribution is 2.39. The number of amides is 1. The molecule has 1 heterocycles. The van der Waals surface area contributed by atoms with E-state index in [1.165, 1.54) is 0 Å². The molecule has 25 heavy (non-hydrogen) atoms. The van der Waals surface area contributed by atoms with Crippen molar-refractivity contribution in [1.82, 2.24) is 15.5 Å². The number of benzene rings is 1. The van der Waals surface area contributed by atoms with E-state index in [1.807, 2.05) is 37.3 Å². The van der Waals surface area contributed by atoms with Crippen LogP contribution in [0.1, 0.15) is 61.7 Å². The van der Waals surface area contributed by atoms with Crippen LogP contribution in [-0.4, -0.2) is 22.0 Å². The Morgan fingerprint density at radius 3 is 2.68 bits per heavy atom. The Morgan fingerprint density at radius 2 is 2.00 bits per heavy atom. The molecule has 0 unspecified atom stereocenters. The summed E-state index contributed by atoms with van der Waals surface area (Å²) >= 11 is 0. The van der Waals surface area contributed by atoms with Crippen LogP contribution in [0.2, 0.25) is 0 Å². The molecule has 5 nitrogen and oxygen atoms in total. The number of rotatable bonds is 5. The van der Waals surface area contributed by atoms with Crippen LogP contribution in [0, 0.1) is 0 Å². The zero-order valence-electron chi connectivity index (χ0n) is 14.0. The van der Waals surface area contributed by atoms with Gasteiger partial charge in [-0.15, -0.1) is 0 Å². The molecule has 134 valence electrons. The number of alkyl halides is 2. The molecule has 0 aliphatic heterocycles. The van der Waals surface area contributed by atoms with Crippen molar-refractivity contribution in [1.29, 1.82) is 0 Å². The lowest BCUT2D eigenvalue weighted by molar-refractivity contribution is -0.122. The van der Waals surface area contributed by atoms with Crippen LogP contribution in [0.4, 0.5) is 8.78 Å². The summed E-state index contributed by atoms with van der Waals surface area (Å²) in [6.07, 6.45) is 0.409. The summed E-state index contributed by atoms with van der Waals surface area (Å²) < 4.78 is 31.6. The normalized spacial score (nSPS) is 18.7. The summed E-state index contributed by atoms with van der Waals surface area (Å²) in [6, 6.07) is 9.46. The zero-order valence-corrected chi connectivity index (χ0v) is 14.0. The minimum atomic E-state index is -2.58. The van der Waals surface area contributed by atoms with Gasteiger partial charge in [0.15, 0.2) is 5.82 Å². The zero-order chi connectivity index (χ0) is 17.9. The third-order valence-electron chi connectivity index (χ3n) is 4.67. The quantitative estimate of drug-likeness (QED) is 0.892. The topological polar surface area (TPSA) is 68.0 Å². The van der Waals surface area contributed by atoms with Gasteiger partial charge in [0.2, 0.25) is 17.7 Å². The summed E-state index contributed by atoms with van der Waals surface area (Å²) in [5.74, 6) is -2.36. The molecule has 1 amide bonds. The second-order valence-corrected chi connectivity index (χ2v) is 6.53. The van der Waals surface area contributed by atoms with Gasteiger partial charge in [-0.1, -0.05) is 35.5 Å². The maximum atomic E-state index is 13.2. The molecule has 1 aromatic carbocycles. The number of aromatic nitrogens is 2. The third kappa shape index (κ3) is 4.41. The monoisotopic (exact) mass is 349 g/mol. The van der Waals surface area contributed by atoms with Crippen LogP contribution in [0.3, 0.4) is 0 Å². The summed E-state index contributed by atoms with van der Waals surface area (Å²) in [7, 11) is 0. The van der Waals surface area contributed by atoms with Gasteiger partial charge in [0.05, 0.1) is 12.5 Å². The van der Waals surface area contributed by atoms with Crippen molar-refractivity contribution in [2.24, 2.45) is 0 Å². The van der Waals surface area contributed by atoms with E-state index < -0.39 is 5.92 Å². The first-order valence-electron chi connectivity index (χ1n) is 8.47. The fraction of sp³-hybridized carbons (Fsp3) is 0.500. The number of carbonyl (C=O) groups excluding carboxylic acids is 1. The van der Waals surface area contributed by atoms with Gasteiger partial charge in [0, 0.05) is 18.8 Å². The van der Waals surface area contributed by atoms with Crippen LogP contribution in [0.15, 0.2) is 34.9 Å². The Kier molecular flexibility index (Phi) is 5.11. The molecule has 0 spiro atoms. The van der Waals surface area contributed by atoms with E-state index in [4.69, 9.17) is 4.52 Å². The third-order valence-corrected chi connectivity index (χ3v) is 4.67. The number of nitrogens with zero attached hydrogens (tertiary/aromatic N) is 2. The minimum Gasteiger partial charge on any atom is -0.346 e. The van der Waals surface area contributed by atoms with E-state index >= 15 is 0 Å². The van der Waals surface area contributed by atoms with E-state index in [2.05, 4.69) is 15.5 Å². The number of halogens is 2. The van der Waals surface area contributed by atoms with Gasteiger partial charge >= 0.3 is 0 Å². The molecule has 1 N–H and O–H groups in total. The Morgan fingerprint density at radius 1 is 1.32 bits per heavy atom. The van der Waals surface area contributed by atoms with E-state index in [9.17, 15) is 13.6 Å². The lowest BCUT2D eigenvalue weighted by atomic mass is 9.86. The molecule has 0 bridgehead atoms. The first-order chi connectivity index (χ1) is 11.9. The molecule has 1 aromatic heterocycles. The standard InChI is InChI=1S/C18H21F2N3O2/c1-12(13-5-3-2-4-6-13)17(24)21-11-15-22-16(23-25-15)14-7-9-18(19,20)10-8-14/h2-6,12,14H,7-11H2,1H3,(H,21,24)/t12-/m0/s1. The number of hydrogen-bond donors (Lipinski definition) is 1. The number of hydrogen-bond acceptors (Lipinski definition) is 4. The smallest absolute Gasteiger partial charge is 0.248 e. The average Bonchev–Trinajstić information content (AvgIpc) is 3.08. The molecule has 0 saturated heterocycles. The molecule has 1 saturated carbocycles. The predicted octanol–water partition coefficient (Wildman–Crippen LogP) is 3.78. The Balaban J connectivity index is 1.53. The van der Waals surface area contributed by atoms with Crippen LogP contribution in [-0.2, 0) is 11.3 Å². The number of carbonyl (C=O) groups is 1. The largest absolute Gasteiger partial charge is 0.346 e. The fourth-order valence-corrected chi connectivity index (χ4v) is 3.01. The van der Waals surface area contributed by atoms with Gasteiger partial charge in [0.25, 0.3) is 0 Å². The predicted molar refractivity (Wildman–Crippen MR) is 87.2 cm³/mol. The Bertz CT molecular complexity index is 708. The summed E-state index contributed by atoms with van der Waals surface area (Å²) in [5, 5.41) is 6.66. The van der Waals surface area contributed by atoms with Gasteiger partial charge in [0.1, 0.15) is 0 Å². The van der Waals surface area contributed by atoms with Gasteiger partial charge in [-0.05, 0) is 25.3 Å². The summed E-state index contributed by atoms with van der Waals surface area (Å²) in [6.45, 7) is 1.96. The Labute approximate surface area is 144 Å². The lowest BCUT2D eigenvalue weighted by Crippen LogP contribution is -2.27. The average molecular weight is 349 g/mol. The van der Waals surface area contributed by atoms with Crippen LogP contribution < -0.4 is 5.32 Å². The van der Waals surface area contributed by atoms with Crippen molar-refractivity contribution in [3.8, 4) is 0 Å². The SMILES string of the molecule is C[C@H](C(=O)NCc1nc(C2CCC(F)(F)CC2)no1)c1ccccc1. The van der Waals surface area contributed by atoms with Crippen molar-refractivity contribution >= 4 is 5.91 Å². The second kappa shape index (κ2) is 7.29. The molecule has 3 rings (SSSR count). The molecule has 7 heteroatoms. The van der Waals surface area contributed by atoms with Crippen molar-refractivity contribution in [2.45, 2.75) is 56.9 Å². The van der Waals surface area contributed by atoms with Crippen LogP contribution in [0.25, 0.3) is 0 Å². The Hall–Kier alpha value is -2.31. The van der Waals surface area contributed by atoms with Crippen molar-refractivity contribution in [3.05, 3.63) is 47.6 Å². The maximum absolute atomic E-state index is 13.2. The summed E-state index contributed by atoms with van der Waals surface area (Å²) in [4.78, 5) is 16.5. The molecule has 2 aromatic rings. The second-order valence-electron chi connectivity index (χ2n) is 6.53. The van der Waals surface area contributed by atoms with Crippen LogP contribution >= 0.6 is 0 Å². The molecular formula is C18H21F2N3O2. The van der Waals surface area contributed by atoms with E-state index in [0.29, 0.717) is 24.6 Å². The van der Waals surface area contributed by atoms with Crippen molar-refractivity contribution in [3.63, 3.8) is 0 Å². The highest BCUT2D eigenvalue weighted by molar-refractivity contribution is 5.83. The van der Waals surface area contributed by atoms with Gasteiger partial charge < -0.3 is 9.84 Å². The van der Waals surface area contributed by atoms with Crippen molar-refractivity contribution in [2.75, 3.05) is 0 Å². The molecular weight excluding hydrogens is 328 g/mol.